The summed E-state index contributed by atoms with van der Waals surface area (Å²) in [5, 5.41) is 5.22. The zero-order valence-electron chi connectivity index (χ0n) is 34.8. The van der Waals surface area contributed by atoms with Crippen LogP contribution in [0.4, 0.5) is 34.1 Å². The van der Waals surface area contributed by atoms with E-state index in [2.05, 4.69) is 252 Å². The molecule has 0 saturated carbocycles. The van der Waals surface area contributed by atoms with Crippen molar-refractivity contribution in [1.29, 1.82) is 0 Å². The lowest BCUT2D eigenvalue weighted by Gasteiger charge is -2.27. The Morgan fingerprint density at radius 1 is 0.250 bits per heavy atom. The third-order valence-electron chi connectivity index (χ3n) is 12.3. The normalized spacial score (nSPS) is 11.4. The van der Waals surface area contributed by atoms with Gasteiger partial charge in [-0.3, -0.25) is 0 Å². The molecule has 0 amide bonds. The maximum atomic E-state index is 2.37. The fourth-order valence-corrected chi connectivity index (χ4v) is 11.5. The molecule has 0 aliphatic heterocycles. The largest absolute Gasteiger partial charge is 0.310 e. The van der Waals surface area contributed by atoms with Gasteiger partial charge < -0.3 is 9.80 Å². The van der Waals surface area contributed by atoms with Crippen molar-refractivity contribution < 1.29 is 0 Å². The van der Waals surface area contributed by atoms with Gasteiger partial charge in [-0.1, -0.05) is 152 Å². The Morgan fingerprint density at radius 3 is 1.47 bits per heavy atom. The second-order valence-corrected chi connectivity index (χ2v) is 18.3. The molecule has 4 heteroatoms. The summed E-state index contributed by atoms with van der Waals surface area (Å²) in [7, 11) is 0. The first-order valence-electron chi connectivity index (χ1n) is 21.7. The third kappa shape index (κ3) is 6.81. The minimum atomic E-state index is 1.12. The molecule has 0 atom stereocenters. The summed E-state index contributed by atoms with van der Waals surface area (Å²) < 4.78 is 5.20. The number of para-hydroxylation sites is 4. The van der Waals surface area contributed by atoms with Crippen LogP contribution in [0.2, 0.25) is 0 Å². The summed E-state index contributed by atoms with van der Waals surface area (Å²) in [6, 6.07) is 88.1. The maximum absolute atomic E-state index is 2.37. The molecule has 0 saturated heterocycles. The zero-order chi connectivity index (χ0) is 42.4. The Bertz CT molecular complexity index is 3550. The van der Waals surface area contributed by atoms with E-state index in [1.165, 1.54) is 73.7 Å². The number of nitrogens with zero attached hydrogens (tertiary/aromatic N) is 2. The van der Waals surface area contributed by atoms with Gasteiger partial charge in [-0.2, -0.15) is 0 Å². The van der Waals surface area contributed by atoms with E-state index < -0.39 is 0 Å². The van der Waals surface area contributed by atoms with E-state index in [0.29, 0.717) is 0 Å². The molecule has 0 aliphatic carbocycles. The van der Waals surface area contributed by atoms with Gasteiger partial charge >= 0.3 is 0 Å². The average Bonchev–Trinajstić information content (AvgIpc) is 3.94. The quantitative estimate of drug-likeness (QED) is 0.143. The van der Waals surface area contributed by atoms with Crippen LogP contribution in [0.1, 0.15) is 0 Å². The highest BCUT2D eigenvalue weighted by atomic mass is 32.1. The van der Waals surface area contributed by atoms with Crippen LogP contribution in [0.15, 0.2) is 243 Å². The average molecular weight is 853 g/mol. The number of thiophene rings is 2. The molecule has 0 unspecified atom stereocenters. The lowest BCUT2D eigenvalue weighted by Crippen LogP contribution is -2.10. The Kier molecular flexibility index (Phi) is 9.59. The molecule has 2 heterocycles. The van der Waals surface area contributed by atoms with Gasteiger partial charge in [0.2, 0.25) is 0 Å². The summed E-state index contributed by atoms with van der Waals surface area (Å²) in [6.45, 7) is 0. The van der Waals surface area contributed by atoms with Gasteiger partial charge in [0.25, 0.3) is 0 Å². The molecule has 302 valence electrons. The maximum Gasteiger partial charge on any atom is 0.0540 e. The first-order chi connectivity index (χ1) is 31.7. The van der Waals surface area contributed by atoms with E-state index in [0.717, 1.165) is 34.1 Å². The Balaban J connectivity index is 0.891. The van der Waals surface area contributed by atoms with E-state index in [1.807, 2.05) is 22.7 Å². The SMILES string of the molecule is c1ccc(N(c2ccc(-c3ccc4sc5ccccc5c4c3)cc2)c2ccc3c(c2)sc2cccc(-c4ccc(-c5ccccc5N(c5ccccc5)c5ccccc5)cc4)c23)cc1. The van der Waals surface area contributed by atoms with Crippen molar-refractivity contribution in [3.63, 3.8) is 0 Å². The highest BCUT2D eigenvalue weighted by molar-refractivity contribution is 7.26. The van der Waals surface area contributed by atoms with E-state index in [9.17, 15) is 0 Å². The van der Waals surface area contributed by atoms with Crippen LogP contribution >= 0.6 is 22.7 Å². The van der Waals surface area contributed by atoms with Crippen LogP contribution in [0.3, 0.4) is 0 Å². The van der Waals surface area contributed by atoms with Gasteiger partial charge in [-0.05, 0) is 119 Å². The smallest absolute Gasteiger partial charge is 0.0540 e. The topological polar surface area (TPSA) is 6.48 Å². The van der Waals surface area contributed by atoms with Crippen LogP contribution in [0.5, 0.6) is 0 Å². The van der Waals surface area contributed by atoms with Crippen molar-refractivity contribution in [3.8, 4) is 33.4 Å². The fourth-order valence-electron chi connectivity index (χ4n) is 9.25. The Hall–Kier alpha value is -7.76. The molecule has 2 nitrogen and oxygen atoms in total. The van der Waals surface area contributed by atoms with Crippen LogP contribution in [0.25, 0.3) is 73.7 Å². The molecular formula is C60H40N2S2. The number of hydrogen-bond acceptors (Lipinski definition) is 4. The Morgan fingerprint density at radius 2 is 0.750 bits per heavy atom. The molecule has 2 aromatic heterocycles. The number of benzene rings is 10. The number of anilines is 6. The summed E-state index contributed by atoms with van der Waals surface area (Å²) in [5.74, 6) is 0. The lowest BCUT2D eigenvalue weighted by atomic mass is 9.96. The molecule has 0 spiro atoms. The molecule has 12 aromatic rings. The Labute approximate surface area is 380 Å². The van der Waals surface area contributed by atoms with E-state index in [-0.39, 0.29) is 0 Å². The highest BCUT2D eigenvalue weighted by Crippen LogP contribution is 2.46. The van der Waals surface area contributed by atoms with Crippen LogP contribution in [0, 0.1) is 0 Å². The summed E-state index contributed by atoms with van der Waals surface area (Å²) in [5.41, 5.74) is 14.0. The van der Waals surface area contributed by atoms with Crippen molar-refractivity contribution in [2.45, 2.75) is 0 Å². The molecule has 12 rings (SSSR count). The van der Waals surface area contributed by atoms with Gasteiger partial charge in [0.05, 0.1) is 5.69 Å². The second-order valence-electron chi connectivity index (χ2n) is 16.1. The van der Waals surface area contributed by atoms with E-state index in [4.69, 9.17) is 0 Å². The van der Waals surface area contributed by atoms with Crippen LogP contribution in [-0.4, -0.2) is 0 Å². The van der Waals surface area contributed by atoms with Gasteiger partial charge in [0.15, 0.2) is 0 Å². The monoisotopic (exact) mass is 852 g/mol. The zero-order valence-corrected chi connectivity index (χ0v) is 36.4. The molecule has 0 bridgehead atoms. The molecular weight excluding hydrogens is 813 g/mol. The summed E-state index contributed by atoms with van der Waals surface area (Å²) >= 11 is 3.72. The molecule has 0 aliphatic rings. The van der Waals surface area contributed by atoms with E-state index >= 15 is 0 Å². The molecule has 10 aromatic carbocycles. The lowest BCUT2D eigenvalue weighted by molar-refractivity contribution is 1.28. The van der Waals surface area contributed by atoms with Crippen molar-refractivity contribution in [3.05, 3.63) is 243 Å². The third-order valence-corrected chi connectivity index (χ3v) is 14.5. The minimum Gasteiger partial charge on any atom is -0.310 e. The predicted octanol–water partition coefficient (Wildman–Crippen LogP) is 18.4. The van der Waals surface area contributed by atoms with Crippen molar-refractivity contribution in [2.24, 2.45) is 0 Å². The van der Waals surface area contributed by atoms with Crippen LogP contribution < -0.4 is 9.80 Å². The summed E-state index contributed by atoms with van der Waals surface area (Å²) in [6.07, 6.45) is 0. The summed E-state index contributed by atoms with van der Waals surface area (Å²) in [4.78, 5) is 4.72. The van der Waals surface area contributed by atoms with Gasteiger partial charge in [0, 0.05) is 74.3 Å². The first kappa shape index (κ1) is 38.0. The van der Waals surface area contributed by atoms with Crippen molar-refractivity contribution in [1.82, 2.24) is 0 Å². The van der Waals surface area contributed by atoms with Gasteiger partial charge in [0.1, 0.15) is 0 Å². The van der Waals surface area contributed by atoms with Crippen molar-refractivity contribution >= 4 is 97.1 Å². The fraction of sp³-hybridized carbons (Fsp3) is 0. The number of fused-ring (bicyclic) bond motifs is 6. The number of hydrogen-bond donors (Lipinski definition) is 0. The molecule has 64 heavy (non-hydrogen) atoms. The first-order valence-corrected chi connectivity index (χ1v) is 23.3. The highest BCUT2D eigenvalue weighted by Gasteiger charge is 2.19. The van der Waals surface area contributed by atoms with Gasteiger partial charge in [-0.15, -0.1) is 22.7 Å². The minimum absolute atomic E-state index is 1.12. The van der Waals surface area contributed by atoms with Crippen molar-refractivity contribution in [2.75, 3.05) is 9.80 Å². The predicted molar refractivity (Wildman–Crippen MR) is 278 cm³/mol. The van der Waals surface area contributed by atoms with Gasteiger partial charge in [-0.25, -0.2) is 0 Å². The number of rotatable bonds is 9. The second kappa shape index (κ2) is 16.2. The molecule has 0 N–H and O–H groups in total. The molecule has 0 fully saturated rings. The molecule has 0 radical (unpaired) electrons. The van der Waals surface area contributed by atoms with E-state index in [1.54, 1.807) is 0 Å². The standard InChI is InChI=1S/C60H40N2S2/c1-4-15-45(16-5-1)61(48-34-31-41(32-35-48)44-33-38-57-54(39-44)52-22-11-13-25-56(52)63-57)49-36-37-53-59(40-49)64-58-26-14-23-51(60(53)58)43-29-27-42(28-30-43)50-21-10-12-24-55(50)62(46-17-6-2-7-18-46)47-19-8-3-9-20-47/h1-40H. The van der Waals surface area contributed by atoms with Crippen LogP contribution in [-0.2, 0) is 0 Å².